The fraction of sp³-hybridized carbons (Fsp3) is 0.600. The van der Waals surface area contributed by atoms with Crippen LogP contribution in [0.4, 0.5) is 0 Å². The molecule has 1 saturated heterocycles. The highest BCUT2D eigenvalue weighted by atomic mass is 35.5. The van der Waals surface area contributed by atoms with Crippen molar-refractivity contribution in [2.45, 2.75) is 6.42 Å². The first-order valence-electron chi connectivity index (χ1n) is 7.96. The van der Waals surface area contributed by atoms with Gasteiger partial charge in [-0.3, -0.25) is 9.89 Å². The summed E-state index contributed by atoms with van der Waals surface area (Å²) in [6.45, 7) is 3.49. The second kappa shape index (κ2) is 9.19. The predicted molar refractivity (Wildman–Crippen MR) is 97.4 cm³/mol. The van der Waals surface area contributed by atoms with Gasteiger partial charge in [-0.2, -0.15) is 0 Å². The van der Waals surface area contributed by atoms with Gasteiger partial charge in [0.15, 0.2) is 15.8 Å². The lowest BCUT2D eigenvalue weighted by Gasteiger charge is -2.26. The SMILES string of the molecule is CN=C(NCCc1ccc(Cl)nc1)NCCN1CCS(=O)(=O)CC1. The number of nitrogens with zero attached hydrogens (tertiary/aromatic N) is 3. The van der Waals surface area contributed by atoms with Crippen LogP contribution in [0.2, 0.25) is 5.15 Å². The Kier molecular flexibility index (Phi) is 7.26. The van der Waals surface area contributed by atoms with Gasteiger partial charge in [0.25, 0.3) is 0 Å². The number of aliphatic imine (C=N–C) groups is 1. The minimum atomic E-state index is -2.81. The number of halogens is 1. The molecule has 24 heavy (non-hydrogen) atoms. The monoisotopic (exact) mass is 373 g/mol. The van der Waals surface area contributed by atoms with Crippen molar-refractivity contribution in [1.29, 1.82) is 0 Å². The topological polar surface area (TPSA) is 86.7 Å². The molecule has 0 spiro atoms. The van der Waals surface area contributed by atoms with E-state index in [0.29, 0.717) is 18.2 Å². The van der Waals surface area contributed by atoms with Gasteiger partial charge in [0, 0.05) is 46.0 Å². The first-order chi connectivity index (χ1) is 11.5. The van der Waals surface area contributed by atoms with E-state index in [0.717, 1.165) is 37.6 Å². The quantitative estimate of drug-likeness (QED) is 0.420. The minimum absolute atomic E-state index is 0.259. The van der Waals surface area contributed by atoms with Gasteiger partial charge in [-0.15, -0.1) is 0 Å². The summed E-state index contributed by atoms with van der Waals surface area (Å²) in [7, 11) is -1.09. The van der Waals surface area contributed by atoms with E-state index in [1.165, 1.54) is 0 Å². The highest BCUT2D eigenvalue weighted by Crippen LogP contribution is 2.05. The summed E-state index contributed by atoms with van der Waals surface area (Å²) in [5.41, 5.74) is 1.11. The molecule has 0 amide bonds. The Hall–Kier alpha value is -1.38. The van der Waals surface area contributed by atoms with Crippen molar-refractivity contribution in [3.63, 3.8) is 0 Å². The molecule has 0 bridgehead atoms. The fourth-order valence-corrected chi connectivity index (χ4v) is 3.80. The lowest BCUT2D eigenvalue weighted by atomic mass is 10.2. The Labute approximate surface area is 148 Å². The molecule has 134 valence electrons. The number of rotatable bonds is 6. The van der Waals surface area contributed by atoms with Crippen LogP contribution in [-0.2, 0) is 16.3 Å². The lowest BCUT2D eigenvalue weighted by Crippen LogP contribution is -2.46. The average Bonchev–Trinajstić information content (AvgIpc) is 2.56. The third kappa shape index (κ3) is 6.62. The Morgan fingerprint density at radius 1 is 1.29 bits per heavy atom. The Balaban J connectivity index is 1.63. The summed E-state index contributed by atoms with van der Waals surface area (Å²) in [4.78, 5) is 10.4. The van der Waals surface area contributed by atoms with Crippen molar-refractivity contribution in [3.05, 3.63) is 29.0 Å². The van der Waals surface area contributed by atoms with Gasteiger partial charge >= 0.3 is 0 Å². The highest BCUT2D eigenvalue weighted by molar-refractivity contribution is 7.91. The molecule has 1 aromatic heterocycles. The van der Waals surface area contributed by atoms with Crippen LogP contribution in [0.5, 0.6) is 0 Å². The number of guanidine groups is 1. The largest absolute Gasteiger partial charge is 0.356 e. The summed E-state index contributed by atoms with van der Waals surface area (Å²) in [6.07, 6.45) is 2.60. The molecule has 2 N–H and O–H groups in total. The van der Waals surface area contributed by atoms with E-state index < -0.39 is 9.84 Å². The molecule has 7 nitrogen and oxygen atoms in total. The summed E-state index contributed by atoms with van der Waals surface area (Å²) in [5, 5.41) is 6.99. The first kappa shape index (κ1) is 19.0. The molecule has 1 aliphatic rings. The van der Waals surface area contributed by atoms with E-state index in [1.54, 1.807) is 19.3 Å². The van der Waals surface area contributed by atoms with Crippen LogP contribution in [0.1, 0.15) is 5.56 Å². The zero-order valence-electron chi connectivity index (χ0n) is 13.8. The van der Waals surface area contributed by atoms with Crippen LogP contribution in [0.25, 0.3) is 0 Å². The van der Waals surface area contributed by atoms with Crippen LogP contribution in [0, 0.1) is 0 Å². The predicted octanol–water partition coefficient (Wildman–Crippen LogP) is 0.173. The molecule has 1 aliphatic heterocycles. The lowest BCUT2D eigenvalue weighted by molar-refractivity contribution is 0.299. The molecular formula is C15H24ClN5O2S. The number of sulfone groups is 1. The van der Waals surface area contributed by atoms with Crippen molar-refractivity contribution >= 4 is 27.4 Å². The van der Waals surface area contributed by atoms with E-state index in [2.05, 4.69) is 25.5 Å². The zero-order chi connectivity index (χ0) is 17.4. The molecule has 0 aliphatic carbocycles. The smallest absolute Gasteiger partial charge is 0.191 e. The van der Waals surface area contributed by atoms with Crippen LogP contribution in [0.15, 0.2) is 23.3 Å². The number of nitrogens with one attached hydrogen (secondary N) is 2. The van der Waals surface area contributed by atoms with Gasteiger partial charge in [0.1, 0.15) is 5.15 Å². The third-order valence-corrected chi connectivity index (χ3v) is 5.71. The maximum atomic E-state index is 11.4. The number of hydrogen-bond acceptors (Lipinski definition) is 5. The molecule has 9 heteroatoms. The normalized spacial score (nSPS) is 18.3. The summed E-state index contributed by atoms with van der Waals surface area (Å²) in [5.74, 6) is 1.26. The standard InChI is InChI=1S/C15H24ClN5O2S/c1-17-15(18-5-4-13-2-3-14(16)20-12-13)19-6-7-21-8-10-24(22,23)11-9-21/h2-3,12H,4-11H2,1H3,(H2,17,18,19). The van der Waals surface area contributed by atoms with Crippen molar-refractivity contribution in [3.8, 4) is 0 Å². The molecule has 0 radical (unpaired) electrons. The van der Waals surface area contributed by atoms with Gasteiger partial charge in [0.2, 0.25) is 0 Å². The summed E-state index contributed by atoms with van der Waals surface area (Å²) < 4.78 is 22.8. The Bertz CT molecular complexity index is 634. The van der Waals surface area contributed by atoms with Crippen LogP contribution in [0.3, 0.4) is 0 Å². The second-order valence-corrected chi connectivity index (χ2v) is 8.35. The Morgan fingerprint density at radius 2 is 2.00 bits per heavy atom. The Morgan fingerprint density at radius 3 is 2.62 bits per heavy atom. The van der Waals surface area contributed by atoms with E-state index >= 15 is 0 Å². The molecule has 0 atom stereocenters. The number of hydrogen-bond donors (Lipinski definition) is 2. The third-order valence-electron chi connectivity index (χ3n) is 3.88. The molecule has 2 heterocycles. The van der Waals surface area contributed by atoms with Gasteiger partial charge < -0.3 is 10.6 Å². The van der Waals surface area contributed by atoms with Crippen molar-refractivity contribution in [1.82, 2.24) is 20.5 Å². The average molecular weight is 374 g/mol. The van der Waals surface area contributed by atoms with E-state index in [-0.39, 0.29) is 11.5 Å². The maximum absolute atomic E-state index is 11.4. The maximum Gasteiger partial charge on any atom is 0.191 e. The van der Waals surface area contributed by atoms with Crippen LogP contribution in [-0.4, -0.2) is 75.5 Å². The van der Waals surface area contributed by atoms with Crippen molar-refractivity contribution < 1.29 is 8.42 Å². The van der Waals surface area contributed by atoms with Gasteiger partial charge in [0.05, 0.1) is 11.5 Å². The minimum Gasteiger partial charge on any atom is -0.356 e. The van der Waals surface area contributed by atoms with Crippen molar-refractivity contribution in [2.75, 3.05) is 51.3 Å². The van der Waals surface area contributed by atoms with Crippen LogP contribution >= 0.6 is 11.6 Å². The van der Waals surface area contributed by atoms with E-state index in [4.69, 9.17) is 11.6 Å². The first-order valence-corrected chi connectivity index (χ1v) is 10.2. The van der Waals surface area contributed by atoms with Crippen LogP contribution < -0.4 is 10.6 Å². The molecular weight excluding hydrogens is 350 g/mol. The van der Waals surface area contributed by atoms with Gasteiger partial charge in [-0.25, -0.2) is 13.4 Å². The van der Waals surface area contributed by atoms with Gasteiger partial charge in [-0.1, -0.05) is 17.7 Å². The molecule has 0 aromatic carbocycles. The molecule has 2 rings (SSSR count). The second-order valence-electron chi connectivity index (χ2n) is 5.66. The number of aromatic nitrogens is 1. The molecule has 1 aromatic rings. The van der Waals surface area contributed by atoms with E-state index in [9.17, 15) is 8.42 Å². The number of pyridine rings is 1. The zero-order valence-corrected chi connectivity index (χ0v) is 15.4. The molecule has 0 unspecified atom stereocenters. The molecule has 0 saturated carbocycles. The summed E-state index contributed by atoms with van der Waals surface area (Å²) >= 11 is 5.76. The summed E-state index contributed by atoms with van der Waals surface area (Å²) in [6, 6.07) is 3.74. The van der Waals surface area contributed by atoms with Gasteiger partial charge in [-0.05, 0) is 18.1 Å². The fourth-order valence-electron chi connectivity index (χ4n) is 2.41. The van der Waals surface area contributed by atoms with E-state index in [1.807, 2.05) is 6.07 Å². The highest BCUT2D eigenvalue weighted by Gasteiger charge is 2.20. The molecule has 1 fully saturated rings. The van der Waals surface area contributed by atoms with Crippen molar-refractivity contribution in [2.24, 2.45) is 4.99 Å².